The molecule has 1 spiro atoms. The number of tetrazole rings is 1. The molecule has 136 valence electrons. The molecule has 3 aromatic rings. The first-order valence-electron chi connectivity index (χ1n) is 8.69. The molecule has 1 aromatic carbocycles. The maximum Gasteiger partial charge on any atom is 0.237 e. The number of nitrogens with zero attached hydrogens (tertiary/aromatic N) is 5. The molecule has 3 heterocycles. The van der Waals surface area contributed by atoms with E-state index >= 15 is 0 Å². The normalized spacial score (nSPS) is 19.8. The number of aromatic nitrogens is 5. The summed E-state index contributed by atoms with van der Waals surface area (Å²) in [6.07, 6.45) is 4.49. The lowest BCUT2D eigenvalue weighted by Crippen LogP contribution is -2.35. The van der Waals surface area contributed by atoms with Crippen LogP contribution < -0.4 is 10.6 Å². The summed E-state index contributed by atoms with van der Waals surface area (Å²) < 4.78 is 0. The number of hydrogen-bond donors (Lipinski definition) is 3. The van der Waals surface area contributed by atoms with Gasteiger partial charge in [-0.25, -0.2) is 4.98 Å². The third kappa shape index (κ3) is 2.35. The van der Waals surface area contributed by atoms with Crippen molar-refractivity contribution in [3.05, 3.63) is 65.2 Å². The molecule has 1 aliphatic carbocycles. The van der Waals surface area contributed by atoms with Gasteiger partial charge in [-0.2, -0.15) is 10.5 Å². The number of fused-ring (bicyclic) bond motifs is 3. The van der Waals surface area contributed by atoms with Gasteiger partial charge in [0.05, 0.1) is 5.41 Å². The highest BCUT2D eigenvalue weighted by atomic mass is 16.2. The Morgan fingerprint density at radius 1 is 1.29 bits per heavy atom. The Morgan fingerprint density at radius 3 is 3.00 bits per heavy atom. The van der Waals surface area contributed by atoms with Crippen LogP contribution in [0.5, 0.6) is 0 Å². The number of carbonyl (C=O) groups is 1. The van der Waals surface area contributed by atoms with Crippen molar-refractivity contribution in [1.82, 2.24) is 25.6 Å². The molecule has 0 bridgehead atoms. The molecule has 5 rings (SSSR count). The van der Waals surface area contributed by atoms with E-state index in [2.05, 4.69) is 36.2 Å². The Bertz CT molecular complexity index is 1160. The van der Waals surface area contributed by atoms with Gasteiger partial charge in [0.2, 0.25) is 11.7 Å². The van der Waals surface area contributed by atoms with E-state index in [1.165, 1.54) is 0 Å². The lowest BCUT2D eigenvalue weighted by Gasteiger charge is -2.20. The highest BCUT2D eigenvalue weighted by Crippen LogP contribution is 2.46. The van der Waals surface area contributed by atoms with Crippen molar-refractivity contribution >= 4 is 23.0 Å². The molecular weight excluding hydrogens is 356 g/mol. The van der Waals surface area contributed by atoms with E-state index in [-0.39, 0.29) is 17.3 Å². The number of amides is 1. The summed E-state index contributed by atoms with van der Waals surface area (Å²) in [4.78, 5) is 17.0. The van der Waals surface area contributed by atoms with Crippen LogP contribution in [0.4, 0.5) is 11.5 Å². The van der Waals surface area contributed by atoms with Crippen LogP contribution in [0.2, 0.25) is 0 Å². The Labute approximate surface area is 159 Å². The number of carbonyl (C=O) groups excluding carboxylic acids is 1. The average molecular weight is 370 g/mol. The van der Waals surface area contributed by atoms with Gasteiger partial charge in [-0.3, -0.25) is 4.79 Å². The maximum atomic E-state index is 12.8. The Hall–Kier alpha value is -4.06. The molecule has 1 amide bonds. The second kappa shape index (κ2) is 5.99. The van der Waals surface area contributed by atoms with Crippen molar-refractivity contribution in [3.8, 4) is 6.07 Å². The molecule has 0 saturated carbocycles. The van der Waals surface area contributed by atoms with Crippen molar-refractivity contribution in [2.75, 3.05) is 10.6 Å². The minimum absolute atomic E-state index is 0.00400. The molecule has 1 atom stereocenters. The minimum atomic E-state index is -0.594. The highest BCUT2D eigenvalue weighted by Gasteiger charge is 2.50. The number of nitrogens with one attached hydrogen (secondary N) is 3. The van der Waals surface area contributed by atoms with Crippen LogP contribution in [0, 0.1) is 11.3 Å². The third-order valence-corrected chi connectivity index (χ3v) is 5.27. The Balaban J connectivity index is 1.43. The molecule has 1 aliphatic heterocycles. The highest BCUT2D eigenvalue weighted by molar-refractivity contribution is 6.06. The topological polar surface area (TPSA) is 132 Å². The van der Waals surface area contributed by atoms with Gasteiger partial charge in [0.25, 0.3) is 0 Å². The zero-order valence-corrected chi connectivity index (χ0v) is 14.6. The molecule has 28 heavy (non-hydrogen) atoms. The van der Waals surface area contributed by atoms with Crippen molar-refractivity contribution in [2.45, 2.75) is 18.3 Å². The molecule has 2 aromatic heterocycles. The van der Waals surface area contributed by atoms with Crippen molar-refractivity contribution in [1.29, 1.82) is 5.26 Å². The zero-order valence-electron chi connectivity index (χ0n) is 14.6. The van der Waals surface area contributed by atoms with Gasteiger partial charge in [0.15, 0.2) is 0 Å². The van der Waals surface area contributed by atoms with Gasteiger partial charge in [0.1, 0.15) is 17.5 Å². The summed E-state index contributed by atoms with van der Waals surface area (Å²) in [7, 11) is 0. The van der Waals surface area contributed by atoms with Crippen molar-refractivity contribution in [3.63, 3.8) is 0 Å². The number of nitriles is 1. The maximum absolute atomic E-state index is 12.8. The van der Waals surface area contributed by atoms with Crippen LogP contribution in [-0.4, -0.2) is 31.5 Å². The molecule has 9 nitrogen and oxygen atoms in total. The second-order valence-corrected chi connectivity index (χ2v) is 6.82. The van der Waals surface area contributed by atoms with E-state index in [9.17, 15) is 10.1 Å². The molecule has 1 unspecified atom stereocenters. The molecule has 0 fully saturated rings. The molecule has 9 heteroatoms. The molecule has 2 aliphatic rings. The first kappa shape index (κ1) is 16.1. The summed E-state index contributed by atoms with van der Waals surface area (Å²) in [5.74, 6) is 0.873. The number of H-pyrrole nitrogens is 1. The number of rotatable bonds is 3. The van der Waals surface area contributed by atoms with E-state index in [0.717, 1.165) is 22.4 Å². The number of allylic oxidation sites excluding steroid dienone is 1. The smallest absolute Gasteiger partial charge is 0.237 e. The van der Waals surface area contributed by atoms with Crippen LogP contribution in [0.3, 0.4) is 0 Å². The Morgan fingerprint density at radius 2 is 2.18 bits per heavy atom. The van der Waals surface area contributed by atoms with E-state index < -0.39 is 5.41 Å². The molecular formula is C19H14N8O. The van der Waals surface area contributed by atoms with E-state index in [1.54, 1.807) is 12.4 Å². The fourth-order valence-electron chi connectivity index (χ4n) is 3.94. The van der Waals surface area contributed by atoms with Crippen LogP contribution in [0.25, 0.3) is 5.57 Å². The van der Waals surface area contributed by atoms with Crippen LogP contribution in [-0.2, 0) is 23.1 Å². The first-order chi connectivity index (χ1) is 13.7. The van der Waals surface area contributed by atoms with Crippen LogP contribution in [0.1, 0.15) is 22.5 Å². The number of benzene rings is 1. The first-order valence-corrected chi connectivity index (χ1v) is 8.69. The van der Waals surface area contributed by atoms with Crippen LogP contribution >= 0.6 is 0 Å². The number of hydrogen-bond acceptors (Lipinski definition) is 7. The standard InChI is InChI=1S/C19H14N8O/c20-9-13(16-24-26-27-25-16)10-22-14-4-3-11-7-19(8-12(11)6-14)15-2-1-5-21-17(15)23-18(19)28/h1-6,10,22H,7-8H2,(H,21,23,28)(H,24,25,26,27). The lowest BCUT2D eigenvalue weighted by molar-refractivity contribution is -0.120. The Kier molecular flexibility index (Phi) is 3.45. The summed E-state index contributed by atoms with van der Waals surface area (Å²) in [5, 5.41) is 28.7. The van der Waals surface area contributed by atoms with Crippen molar-refractivity contribution in [2.24, 2.45) is 0 Å². The predicted molar refractivity (Wildman–Crippen MR) is 99.8 cm³/mol. The van der Waals surface area contributed by atoms with Gasteiger partial charge in [0, 0.05) is 23.6 Å². The van der Waals surface area contributed by atoms with Gasteiger partial charge in [-0.15, -0.1) is 10.2 Å². The monoisotopic (exact) mass is 370 g/mol. The molecule has 3 N–H and O–H groups in total. The van der Waals surface area contributed by atoms with Gasteiger partial charge >= 0.3 is 0 Å². The van der Waals surface area contributed by atoms with E-state index in [1.807, 2.05) is 36.4 Å². The number of pyridine rings is 1. The molecule has 0 saturated heterocycles. The van der Waals surface area contributed by atoms with Crippen molar-refractivity contribution < 1.29 is 4.79 Å². The van der Waals surface area contributed by atoms with Crippen LogP contribution in [0.15, 0.2) is 42.7 Å². The third-order valence-electron chi connectivity index (χ3n) is 5.27. The quantitative estimate of drug-likeness (QED) is 0.596. The van der Waals surface area contributed by atoms with E-state index in [0.29, 0.717) is 18.7 Å². The fraction of sp³-hybridized carbons (Fsp3) is 0.158. The largest absolute Gasteiger partial charge is 0.360 e. The summed E-state index contributed by atoms with van der Waals surface area (Å²) in [6, 6.07) is 11.8. The zero-order chi connectivity index (χ0) is 19.1. The predicted octanol–water partition coefficient (Wildman–Crippen LogP) is 1.56. The van der Waals surface area contributed by atoms with Gasteiger partial charge in [-0.05, 0) is 47.4 Å². The second-order valence-electron chi connectivity index (χ2n) is 6.82. The summed E-state index contributed by atoms with van der Waals surface area (Å²) in [5.41, 5.74) is 3.68. The summed E-state index contributed by atoms with van der Waals surface area (Å²) in [6.45, 7) is 0. The summed E-state index contributed by atoms with van der Waals surface area (Å²) >= 11 is 0. The number of aromatic amines is 1. The minimum Gasteiger partial charge on any atom is -0.360 e. The average Bonchev–Trinajstić information content (AvgIpc) is 3.42. The van der Waals surface area contributed by atoms with E-state index in [4.69, 9.17) is 0 Å². The molecule has 0 radical (unpaired) electrons. The SMILES string of the molecule is N#CC(=CNc1ccc2c(c1)CC1(C2)C(=O)Nc2ncccc21)c1nn[nH]n1. The number of anilines is 2. The lowest BCUT2D eigenvalue weighted by atomic mass is 9.79. The van der Waals surface area contributed by atoms with Gasteiger partial charge in [-0.1, -0.05) is 12.1 Å². The fourth-order valence-corrected chi connectivity index (χ4v) is 3.94. The van der Waals surface area contributed by atoms with Gasteiger partial charge < -0.3 is 10.6 Å².